The summed E-state index contributed by atoms with van der Waals surface area (Å²) >= 11 is 0. The van der Waals surface area contributed by atoms with Crippen molar-refractivity contribution in [2.45, 2.75) is 59.0 Å². The summed E-state index contributed by atoms with van der Waals surface area (Å²) in [4.78, 5) is 0. The third-order valence-electron chi connectivity index (χ3n) is 3.28. The van der Waals surface area contributed by atoms with Crippen molar-refractivity contribution >= 4 is 0 Å². The van der Waals surface area contributed by atoms with Gasteiger partial charge in [-0.05, 0) is 24.7 Å². The van der Waals surface area contributed by atoms with Gasteiger partial charge in [-0.2, -0.15) is 0 Å². The molecule has 1 rings (SSSR count). The quantitative estimate of drug-likeness (QED) is 0.678. The Morgan fingerprint density at radius 2 is 1.86 bits per heavy atom. The second-order valence-electron chi connectivity index (χ2n) is 5.19. The number of nitrogens with one attached hydrogen (secondary N) is 1. The second kappa shape index (κ2) is 4.97. The molecule has 0 aromatic carbocycles. The molecule has 0 aromatic rings. The molecule has 0 heterocycles. The fourth-order valence-corrected chi connectivity index (χ4v) is 2.46. The van der Waals surface area contributed by atoms with E-state index in [-0.39, 0.29) is 0 Å². The van der Waals surface area contributed by atoms with Crippen LogP contribution in [-0.2, 0) is 0 Å². The van der Waals surface area contributed by atoms with E-state index in [0.717, 1.165) is 5.92 Å². The Bertz CT molecular complexity index is 193. The minimum Gasteiger partial charge on any atom is -0.311 e. The highest BCUT2D eigenvalue weighted by Gasteiger charge is 2.30. The van der Waals surface area contributed by atoms with Gasteiger partial charge in [0, 0.05) is 12.1 Å². The zero-order valence-corrected chi connectivity index (χ0v) is 10.1. The van der Waals surface area contributed by atoms with E-state index in [1.807, 2.05) is 0 Å². The monoisotopic (exact) mass is 195 g/mol. The van der Waals surface area contributed by atoms with E-state index in [9.17, 15) is 0 Å². The van der Waals surface area contributed by atoms with Gasteiger partial charge < -0.3 is 5.32 Å². The van der Waals surface area contributed by atoms with Crippen LogP contribution in [0.3, 0.4) is 0 Å². The van der Waals surface area contributed by atoms with Crippen LogP contribution in [0.5, 0.6) is 0 Å². The minimum atomic E-state index is 0.598. The van der Waals surface area contributed by atoms with Gasteiger partial charge >= 0.3 is 0 Å². The van der Waals surface area contributed by atoms with E-state index in [1.165, 1.54) is 24.8 Å². The number of hydrogen-bond acceptors (Lipinski definition) is 1. The van der Waals surface area contributed by atoms with Gasteiger partial charge in [0.2, 0.25) is 0 Å². The average molecular weight is 195 g/mol. The molecule has 0 bridgehead atoms. The molecule has 0 radical (unpaired) electrons. The van der Waals surface area contributed by atoms with E-state index >= 15 is 0 Å². The standard InChI is InChI=1S/C13H25N/c1-9(2)11(5)12-7-6-8-13(12)14-10(3)4/h9-10,12-14H,5-8H2,1-4H3. The van der Waals surface area contributed by atoms with Crippen LogP contribution < -0.4 is 5.32 Å². The molecule has 2 atom stereocenters. The normalized spacial score (nSPS) is 27.6. The minimum absolute atomic E-state index is 0.598. The SMILES string of the molecule is C=C(C(C)C)C1CCCC1NC(C)C. The van der Waals surface area contributed by atoms with Gasteiger partial charge in [-0.3, -0.25) is 0 Å². The molecule has 2 unspecified atom stereocenters. The Hall–Kier alpha value is -0.300. The van der Waals surface area contributed by atoms with E-state index < -0.39 is 0 Å². The Balaban J connectivity index is 2.55. The summed E-state index contributed by atoms with van der Waals surface area (Å²) in [5.74, 6) is 1.35. The predicted molar refractivity (Wildman–Crippen MR) is 63.4 cm³/mol. The number of rotatable bonds is 4. The average Bonchev–Trinajstić information content (AvgIpc) is 2.49. The van der Waals surface area contributed by atoms with Crippen LogP contribution in [0.25, 0.3) is 0 Å². The highest BCUT2D eigenvalue weighted by molar-refractivity contribution is 5.09. The Morgan fingerprint density at radius 3 is 2.36 bits per heavy atom. The lowest BCUT2D eigenvalue weighted by Gasteiger charge is -2.26. The molecule has 14 heavy (non-hydrogen) atoms. The summed E-state index contributed by atoms with van der Waals surface area (Å²) in [6.45, 7) is 13.2. The molecular formula is C13H25N. The first-order valence-corrected chi connectivity index (χ1v) is 5.97. The van der Waals surface area contributed by atoms with E-state index in [2.05, 4.69) is 39.6 Å². The van der Waals surface area contributed by atoms with Crippen molar-refractivity contribution in [1.29, 1.82) is 0 Å². The molecule has 1 heteroatoms. The Morgan fingerprint density at radius 1 is 1.21 bits per heavy atom. The maximum absolute atomic E-state index is 4.25. The van der Waals surface area contributed by atoms with Crippen LogP contribution in [0.2, 0.25) is 0 Å². The van der Waals surface area contributed by atoms with Gasteiger partial charge in [-0.1, -0.05) is 46.3 Å². The van der Waals surface area contributed by atoms with Crippen molar-refractivity contribution in [1.82, 2.24) is 5.32 Å². The molecule has 1 saturated carbocycles. The topological polar surface area (TPSA) is 12.0 Å². The van der Waals surface area contributed by atoms with Crippen molar-refractivity contribution in [3.63, 3.8) is 0 Å². The lowest BCUT2D eigenvalue weighted by atomic mass is 9.87. The molecule has 0 amide bonds. The fourth-order valence-electron chi connectivity index (χ4n) is 2.46. The van der Waals surface area contributed by atoms with Crippen LogP contribution in [0.1, 0.15) is 47.0 Å². The maximum Gasteiger partial charge on any atom is 0.0135 e. The Kier molecular flexibility index (Phi) is 4.18. The molecule has 0 aromatic heterocycles. The molecule has 0 aliphatic heterocycles. The highest BCUT2D eigenvalue weighted by Crippen LogP contribution is 2.34. The van der Waals surface area contributed by atoms with Crippen molar-refractivity contribution in [2.75, 3.05) is 0 Å². The fraction of sp³-hybridized carbons (Fsp3) is 0.846. The Labute approximate surface area is 89.0 Å². The molecule has 1 aliphatic carbocycles. The molecule has 0 saturated heterocycles. The molecule has 0 spiro atoms. The summed E-state index contributed by atoms with van der Waals surface area (Å²) in [6.07, 6.45) is 4.02. The van der Waals surface area contributed by atoms with Crippen molar-refractivity contribution in [3.8, 4) is 0 Å². The van der Waals surface area contributed by atoms with Gasteiger partial charge in [0.05, 0.1) is 0 Å². The van der Waals surface area contributed by atoms with E-state index in [4.69, 9.17) is 0 Å². The lowest BCUT2D eigenvalue weighted by Crippen LogP contribution is -2.38. The maximum atomic E-state index is 4.25. The largest absolute Gasteiger partial charge is 0.311 e. The zero-order valence-electron chi connectivity index (χ0n) is 10.1. The van der Waals surface area contributed by atoms with Crippen LogP contribution >= 0.6 is 0 Å². The van der Waals surface area contributed by atoms with Crippen LogP contribution in [0, 0.1) is 11.8 Å². The molecular weight excluding hydrogens is 170 g/mol. The van der Waals surface area contributed by atoms with Gasteiger partial charge in [0.25, 0.3) is 0 Å². The first-order chi connectivity index (χ1) is 6.52. The summed E-state index contributed by atoms with van der Waals surface area (Å²) in [5, 5.41) is 3.67. The van der Waals surface area contributed by atoms with E-state index in [1.54, 1.807) is 0 Å². The second-order valence-corrected chi connectivity index (χ2v) is 5.19. The molecule has 1 fully saturated rings. The lowest BCUT2D eigenvalue weighted by molar-refractivity contribution is 0.392. The van der Waals surface area contributed by atoms with Gasteiger partial charge in [-0.15, -0.1) is 0 Å². The summed E-state index contributed by atoms with van der Waals surface area (Å²) in [5.41, 5.74) is 1.45. The molecule has 1 aliphatic rings. The van der Waals surface area contributed by atoms with Crippen LogP contribution in [0.15, 0.2) is 12.2 Å². The molecule has 82 valence electrons. The zero-order chi connectivity index (χ0) is 10.7. The van der Waals surface area contributed by atoms with Gasteiger partial charge in [-0.25, -0.2) is 0 Å². The first-order valence-electron chi connectivity index (χ1n) is 5.97. The summed E-state index contributed by atoms with van der Waals surface area (Å²) in [6, 6.07) is 1.28. The summed E-state index contributed by atoms with van der Waals surface area (Å²) in [7, 11) is 0. The van der Waals surface area contributed by atoms with Crippen molar-refractivity contribution in [3.05, 3.63) is 12.2 Å². The predicted octanol–water partition coefficient (Wildman–Crippen LogP) is 3.37. The third-order valence-corrected chi connectivity index (χ3v) is 3.28. The smallest absolute Gasteiger partial charge is 0.0135 e. The molecule has 1 nitrogen and oxygen atoms in total. The number of hydrogen-bond donors (Lipinski definition) is 1. The van der Waals surface area contributed by atoms with Crippen molar-refractivity contribution < 1.29 is 0 Å². The van der Waals surface area contributed by atoms with Gasteiger partial charge in [0.1, 0.15) is 0 Å². The van der Waals surface area contributed by atoms with E-state index in [0.29, 0.717) is 18.0 Å². The first kappa shape index (κ1) is 11.8. The van der Waals surface area contributed by atoms with Crippen molar-refractivity contribution in [2.24, 2.45) is 11.8 Å². The van der Waals surface area contributed by atoms with Crippen LogP contribution in [-0.4, -0.2) is 12.1 Å². The molecule has 1 N–H and O–H groups in total. The summed E-state index contributed by atoms with van der Waals surface area (Å²) < 4.78 is 0. The van der Waals surface area contributed by atoms with Gasteiger partial charge in [0.15, 0.2) is 0 Å². The highest BCUT2D eigenvalue weighted by atomic mass is 14.9. The van der Waals surface area contributed by atoms with Crippen LogP contribution in [0.4, 0.5) is 0 Å². The third kappa shape index (κ3) is 2.84.